The second kappa shape index (κ2) is 3.09. The van der Waals surface area contributed by atoms with Crippen LogP contribution in [0, 0.1) is 0 Å². The van der Waals surface area contributed by atoms with Gasteiger partial charge < -0.3 is 10.2 Å². The SMILES string of the molecule is C=C1CC(NC)CC(C)(C)N1C. The van der Waals surface area contributed by atoms with E-state index in [4.69, 9.17) is 0 Å². The minimum Gasteiger partial charge on any atom is -0.373 e. The van der Waals surface area contributed by atoms with Crippen molar-refractivity contribution in [1.29, 1.82) is 0 Å². The van der Waals surface area contributed by atoms with Crippen molar-refractivity contribution in [1.82, 2.24) is 10.2 Å². The van der Waals surface area contributed by atoms with Gasteiger partial charge in [0.15, 0.2) is 0 Å². The first-order chi connectivity index (χ1) is 5.47. The molecule has 0 aromatic heterocycles. The molecular formula is C10H20N2. The molecule has 2 nitrogen and oxygen atoms in total. The van der Waals surface area contributed by atoms with Crippen molar-refractivity contribution >= 4 is 0 Å². The van der Waals surface area contributed by atoms with Crippen LogP contribution in [0.25, 0.3) is 0 Å². The lowest BCUT2D eigenvalue weighted by Crippen LogP contribution is -2.50. The molecule has 70 valence electrons. The Hall–Kier alpha value is -0.500. The Balaban J connectivity index is 2.72. The second-order valence-electron chi connectivity index (χ2n) is 4.33. The van der Waals surface area contributed by atoms with Crippen molar-refractivity contribution in [2.75, 3.05) is 14.1 Å². The van der Waals surface area contributed by atoms with Gasteiger partial charge in [-0.3, -0.25) is 0 Å². The van der Waals surface area contributed by atoms with Crippen LogP contribution in [0.4, 0.5) is 0 Å². The van der Waals surface area contributed by atoms with E-state index >= 15 is 0 Å². The molecule has 1 fully saturated rings. The normalized spacial score (nSPS) is 29.2. The maximum Gasteiger partial charge on any atom is 0.0354 e. The molecule has 0 aromatic carbocycles. The molecule has 0 bridgehead atoms. The fourth-order valence-corrected chi connectivity index (χ4v) is 1.87. The van der Waals surface area contributed by atoms with Gasteiger partial charge in [-0.15, -0.1) is 0 Å². The largest absolute Gasteiger partial charge is 0.373 e. The maximum atomic E-state index is 4.07. The Morgan fingerprint density at radius 3 is 2.58 bits per heavy atom. The predicted octanol–water partition coefficient (Wildman–Crippen LogP) is 1.59. The Bertz CT molecular complexity index is 184. The van der Waals surface area contributed by atoms with Gasteiger partial charge in [0.2, 0.25) is 0 Å². The zero-order valence-electron chi connectivity index (χ0n) is 8.65. The van der Waals surface area contributed by atoms with Crippen LogP contribution < -0.4 is 5.32 Å². The quantitative estimate of drug-likeness (QED) is 0.639. The molecule has 0 amide bonds. The van der Waals surface area contributed by atoms with Gasteiger partial charge in [-0.05, 0) is 27.3 Å². The second-order valence-corrected chi connectivity index (χ2v) is 4.33. The van der Waals surface area contributed by atoms with Crippen molar-refractivity contribution in [3.05, 3.63) is 12.3 Å². The molecule has 1 unspecified atom stereocenters. The highest BCUT2D eigenvalue weighted by Crippen LogP contribution is 2.31. The maximum absolute atomic E-state index is 4.07. The molecule has 2 heteroatoms. The number of nitrogens with one attached hydrogen (secondary N) is 1. The summed E-state index contributed by atoms with van der Waals surface area (Å²) in [5.74, 6) is 0. The monoisotopic (exact) mass is 168 g/mol. The number of nitrogens with zero attached hydrogens (tertiary/aromatic N) is 1. The third-order valence-electron chi connectivity index (χ3n) is 3.02. The minimum absolute atomic E-state index is 0.253. The van der Waals surface area contributed by atoms with Gasteiger partial charge in [-0.1, -0.05) is 6.58 Å². The van der Waals surface area contributed by atoms with Crippen LogP contribution >= 0.6 is 0 Å². The van der Waals surface area contributed by atoms with Crippen LogP contribution in [-0.4, -0.2) is 30.6 Å². The Morgan fingerprint density at radius 2 is 2.17 bits per heavy atom. The van der Waals surface area contributed by atoms with Gasteiger partial charge in [0.05, 0.1) is 0 Å². The Morgan fingerprint density at radius 1 is 1.58 bits per heavy atom. The first-order valence-electron chi connectivity index (χ1n) is 4.56. The molecule has 0 spiro atoms. The first kappa shape index (κ1) is 9.59. The van der Waals surface area contributed by atoms with Crippen LogP contribution in [0.1, 0.15) is 26.7 Å². The average Bonchev–Trinajstić information content (AvgIpc) is 1.99. The van der Waals surface area contributed by atoms with E-state index in [2.05, 4.69) is 37.7 Å². The topological polar surface area (TPSA) is 15.3 Å². The fourth-order valence-electron chi connectivity index (χ4n) is 1.87. The number of rotatable bonds is 1. The zero-order valence-corrected chi connectivity index (χ0v) is 8.65. The van der Waals surface area contributed by atoms with Gasteiger partial charge in [-0.2, -0.15) is 0 Å². The summed E-state index contributed by atoms with van der Waals surface area (Å²) in [5.41, 5.74) is 1.49. The Labute approximate surface area is 75.6 Å². The third-order valence-corrected chi connectivity index (χ3v) is 3.02. The summed E-state index contributed by atoms with van der Waals surface area (Å²) in [6, 6.07) is 0.601. The standard InChI is InChI=1S/C10H20N2/c1-8-6-9(11-4)7-10(2,3)12(8)5/h9,11H,1,6-7H2,2-5H3. The van der Waals surface area contributed by atoms with E-state index in [1.165, 1.54) is 12.1 Å². The average molecular weight is 168 g/mol. The van der Waals surface area contributed by atoms with E-state index in [0.717, 1.165) is 6.42 Å². The summed E-state index contributed by atoms with van der Waals surface area (Å²) < 4.78 is 0. The molecule has 1 aliphatic rings. The Kier molecular flexibility index (Phi) is 2.47. The van der Waals surface area contributed by atoms with Gasteiger partial charge in [-0.25, -0.2) is 0 Å². The van der Waals surface area contributed by atoms with E-state index in [0.29, 0.717) is 6.04 Å². The first-order valence-corrected chi connectivity index (χ1v) is 4.56. The van der Waals surface area contributed by atoms with Gasteiger partial charge >= 0.3 is 0 Å². The summed E-state index contributed by atoms with van der Waals surface area (Å²) in [5, 5.41) is 3.32. The van der Waals surface area contributed by atoms with Crippen molar-refractivity contribution < 1.29 is 0 Å². The lowest BCUT2D eigenvalue weighted by molar-refractivity contribution is 0.131. The third kappa shape index (κ3) is 1.63. The highest BCUT2D eigenvalue weighted by molar-refractivity contribution is 5.07. The van der Waals surface area contributed by atoms with Crippen LogP contribution in [0.5, 0.6) is 0 Å². The van der Waals surface area contributed by atoms with Gasteiger partial charge in [0.1, 0.15) is 0 Å². The molecule has 1 atom stereocenters. The van der Waals surface area contributed by atoms with E-state index < -0.39 is 0 Å². The molecule has 0 aliphatic carbocycles. The molecule has 0 radical (unpaired) electrons. The fraction of sp³-hybridized carbons (Fsp3) is 0.800. The summed E-state index contributed by atoms with van der Waals surface area (Å²) in [7, 11) is 4.16. The van der Waals surface area contributed by atoms with E-state index in [9.17, 15) is 0 Å². The molecule has 1 heterocycles. The minimum atomic E-state index is 0.253. The van der Waals surface area contributed by atoms with Crippen LogP contribution in [0.2, 0.25) is 0 Å². The molecule has 1 aliphatic heterocycles. The molecule has 1 saturated heterocycles. The summed E-state index contributed by atoms with van der Waals surface area (Å²) in [6.45, 7) is 8.61. The van der Waals surface area contributed by atoms with E-state index in [1.54, 1.807) is 0 Å². The highest BCUT2D eigenvalue weighted by atomic mass is 15.2. The predicted molar refractivity (Wildman–Crippen MR) is 53.1 cm³/mol. The summed E-state index contributed by atoms with van der Waals surface area (Å²) in [6.07, 6.45) is 2.27. The van der Waals surface area contributed by atoms with Crippen LogP contribution in [0.15, 0.2) is 12.3 Å². The van der Waals surface area contributed by atoms with Crippen LogP contribution in [0.3, 0.4) is 0 Å². The summed E-state index contributed by atoms with van der Waals surface area (Å²) in [4.78, 5) is 2.29. The van der Waals surface area contributed by atoms with Crippen molar-refractivity contribution in [2.45, 2.75) is 38.3 Å². The molecule has 1 rings (SSSR count). The number of piperidine rings is 1. The molecule has 1 N–H and O–H groups in total. The zero-order chi connectivity index (χ0) is 9.35. The molecule has 12 heavy (non-hydrogen) atoms. The van der Waals surface area contributed by atoms with Crippen molar-refractivity contribution in [2.24, 2.45) is 0 Å². The molecule has 0 saturated carbocycles. The number of hydrogen-bond acceptors (Lipinski definition) is 2. The number of hydrogen-bond donors (Lipinski definition) is 1. The number of likely N-dealkylation sites (tertiary alicyclic amines) is 1. The van der Waals surface area contributed by atoms with E-state index in [1.807, 2.05) is 7.05 Å². The smallest absolute Gasteiger partial charge is 0.0354 e. The van der Waals surface area contributed by atoms with Crippen molar-refractivity contribution in [3.63, 3.8) is 0 Å². The van der Waals surface area contributed by atoms with Crippen LogP contribution in [-0.2, 0) is 0 Å². The van der Waals surface area contributed by atoms with Gasteiger partial charge in [0, 0.05) is 30.7 Å². The van der Waals surface area contributed by atoms with E-state index in [-0.39, 0.29) is 5.54 Å². The highest BCUT2D eigenvalue weighted by Gasteiger charge is 2.33. The lowest BCUT2D eigenvalue weighted by Gasteiger charge is -2.46. The van der Waals surface area contributed by atoms with Gasteiger partial charge in [0.25, 0.3) is 0 Å². The molecular weight excluding hydrogens is 148 g/mol. The summed E-state index contributed by atoms with van der Waals surface area (Å²) >= 11 is 0. The molecule has 0 aromatic rings. The van der Waals surface area contributed by atoms with Crippen molar-refractivity contribution in [3.8, 4) is 0 Å². The lowest BCUT2D eigenvalue weighted by atomic mass is 9.86.